The fourth-order valence-corrected chi connectivity index (χ4v) is 4.90. The number of hydrogen-bond donors (Lipinski definition) is 2. The number of benzene rings is 1. The van der Waals surface area contributed by atoms with Crippen LogP contribution in [0.2, 0.25) is 0 Å². The first kappa shape index (κ1) is 20.4. The number of aliphatic hydroxyl groups is 1. The Bertz CT molecular complexity index is 1280. The third-order valence-electron chi connectivity index (χ3n) is 5.68. The fraction of sp³-hybridized carbons (Fsp3) is 0.250. The van der Waals surface area contributed by atoms with E-state index in [2.05, 4.69) is 15.2 Å². The van der Waals surface area contributed by atoms with Crippen molar-refractivity contribution < 1.29 is 5.11 Å². The summed E-state index contributed by atoms with van der Waals surface area (Å²) >= 11 is 1.47. The highest BCUT2D eigenvalue weighted by atomic mass is 32.1. The fourth-order valence-electron chi connectivity index (χ4n) is 4.00. The number of unbranched alkanes of at least 4 members (excludes halogenated alkanes) is 2. The molecule has 0 radical (unpaired) electrons. The Morgan fingerprint density at radius 2 is 1.84 bits per heavy atom. The summed E-state index contributed by atoms with van der Waals surface area (Å²) in [5, 5.41) is 30.3. The van der Waals surface area contributed by atoms with Crippen LogP contribution in [-0.4, -0.2) is 48.5 Å². The number of aryl methyl sites for hydroxylation is 1. The zero-order valence-electron chi connectivity index (χ0n) is 17.6. The summed E-state index contributed by atoms with van der Waals surface area (Å²) in [5.74, 6) is 1.58. The van der Waals surface area contributed by atoms with Crippen LogP contribution in [0.3, 0.4) is 0 Å². The van der Waals surface area contributed by atoms with E-state index in [4.69, 9.17) is 5.41 Å². The largest absolute Gasteiger partial charge is 0.510 e. The smallest absolute Gasteiger partial charge is 0.160 e. The molecule has 7 nitrogen and oxygen atoms in total. The average Bonchev–Trinajstić information content (AvgIpc) is 3.52. The normalized spacial score (nSPS) is 14.1. The molecule has 0 bridgehead atoms. The lowest BCUT2D eigenvalue weighted by atomic mass is 10.1. The molecule has 0 aliphatic carbocycles. The van der Waals surface area contributed by atoms with Gasteiger partial charge in [0.2, 0.25) is 0 Å². The minimum absolute atomic E-state index is 0.235. The lowest BCUT2D eigenvalue weighted by molar-refractivity contribution is 0.345. The first-order valence-electron chi connectivity index (χ1n) is 10.8. The average molecular weight is 445 g/mol. The minimum atomic E-state index is 0.235. The number of aliphatic hydroxyl groups excluding tert-OH is 1. The molecule has 0 fully saturated rings. The Morgan fingerprint density at radius 3 is 2.72 bits per heavy atom. The quantitative estimate of drug-likeness (QED) is 0.380. The van der Waals surface area contributed by atoms with Crippen molar-refractivity contribution in [1.82, 2.24) is 24.5 Å². The SMILES string of the molecule is N=C1C(c2nc(-c3ccccc3)cs2)=C(O)CN1CCCCCc1nnc2ccccn12. The molecule has 1 aliphatic heterocycles. The predicted molar refractivity (Wildman–Crippen MR) is 127 cm³/mol. The van der Waals surface area contributed by atoms with Gasteiger partial charge in [-0.1, -0.05) is 42.8 Å². The first-order valence-corrected chi connectivity index (χ1v) is 11.6. The number of nitrogens with one attached hydrogen (secondary N) is 1. The molecule has 2 N–H and O–H groups in total. The third-order valence-corrected chi connectivity index (χ3v) is 6.54. The van der Waals surface area contributed by atoms with Gasteiger partial charge in [0.15, 0.2) is 5.65 Å². The summed E-state index contributed by atoms with van der Waals surface area (Å²) < 4.78 is 2.03. The molecule has 1 aliphatic rings. The van der Waals surface area contributed by atoms with Gasteiger partial charge in [-0.3, -0.25) is 9.81 Å². The van der Waals surface area contributed by atoms with Gasteiger partial charge in [0, 0.05) is 30.1 Å². The molecular formula is C24H24N6OS. The van der Waals surface area contributed by atoms with E-state index in [0.29, 0.717) is 23.0 Å². The van der Waals surface area contributed by atoms with E-state index in [1.807, 2.05) is 69.4 Å². The van der Waals surface area contributed by atoms with Crippen molar-refractivity contribution in [2.24, 2.45) is 0 Å². The number of thiazole rings is 1. The molecule has 4 aromatic rings. The Morgan fingerprint density at radius 1 is 1.00 bits per heavy atom. The second-order valence-electron chi connectivity index (χ2n) is 7.85. The second-order valence-corrected chi connectivity index (χ2v) is 8.71. The molecule has 0 spiro atoms. The number of aromatic nitrogens is 4. The lowest BCUT2D eigenvalue weighted by Crippen LogP contribution is -2.27. The highest BCUT2D eigenvalue weighted by Crippen LogP contribution is 2.32. The first-order chi connectivity index (χ1) is 15.7. The van der Waals surface area contributed by atoms with E-state index >= 15 is 0 Å². The zero-order chi connectivity index (χ0) is 21.9. The second kappa shape index (κ2) is 8.92. The van der Waals surface area contributed by atoms with Crippen LogP contribution in [0.1, 0.15) is 30.1 Å². The number of hydrogen-bond acceptors (Lipinski definition) is 6. The van der Waals surface area contributed by atoms with Gasteiger partial charge in [0.25, 0.3) is 0 Å². The number of pyridine rings is 1. The van der Waals surface area contributed by atoms with Crippen LogP contribution in [-0.2, 0) is 6.42 Å². The Hall–Kier alpha value is -3.52. The Labute approximate surface area is 190 Å². The molecule has 0 atom stereocenters. The van der Waals surface area contributed by atoms with Gasteiger partial charge < -0.3 is 10.0 Å². The van der Waals surface area contributed by atoms with Crippen LogP contribution in [0.4, 0.5) is 0 Å². The van der Waals surface area contributed by atoms with Crippen molar-refractivity contribution in [1.29, 1.82) is 5.41 Å². The van der Waals surface area contributed by atoms with Crippen molar-refractivity contribution in [3.8, 4) is 11.3 Å². The summed E-state index contributed by atoms with van der Waals surface area (Å²) in [5.41, 5.74) is 3.35. The molecule has 0 saturated carbocycles. The summed E-state index contributed by atoms with van der Waals surface area (Å²) in [4.78, 5) is 6.61. The Balaban J connectivity index is 1.14. The standard InChI is InChI=1S/C24H24N6OS/c25-23-22(24-26-18(16-32-24)17-9-3-1-4-10-17)19(31)15-29(23)13-7-2-5-11-20-27-28-21-12-6-8-14-30(20)21/h1,3-4,6,8-10,12,14,16,25,31H,2,5,7,11,13,15H2. The topological polar surface area (TPSA) is 90.4 Å². The summed E-state index contributed by atoms with van der Waals surface area (Å²) in [6.07, 6.45) is 5.85. The maximum atomic E-state index is 10.5. The van der Waals surface area contributed by atoms with Gasteiger partial charge in [-0.15, -0.1) is 21.5 Å². The number of nitrogens with zero attached hydrogens (tertiary/aromatic N) is 5. The van der Waals surface area contributed by atoms with E-state index in [1.54, 1.807) is 0 Å². The van der Waals surface area contributed by atoms with Crippen LogP contribution >= 0.6 is 11.3 Å². The van der Waals surface area contributed by atoms with Crippen molar-refractivity contribution in [2.45, 2.75) is 25.7 Å². The van der Waals surface area contributed by atoms with E-state index < -0.39 is 0 Å². The molecule has 32 heavy (non-hydrogen) atoms. The van der Waals surface area contributed by atoms with Gasteiger partial charge in [-0.05, 0) is 25.0 Å². The monoisotopic (exact) mass is 444 g/mol. The van der Waals surface area contributed by atoms with Crippen molar-refractivity contribution in [2.75, 3.05) is 13.1 Å². The van der Waals surface area contributed by atoms with Crippen molar-refractivity contribution in [3.05, 3.63) is 76.7 Å². The van der Waals surface area contributed by atoms with Gasteiger partial charge in [-0.25, -0.2) is 4.98 Å². The van der Waals surface area contributed by atoms with E-state index in [1.165, 1.54) is 11.3 Å². The summed E-state index contributed by atoms with van der Waals surface area (Å²) in [6, 6.07) is 15.9. The van der Waals surface area contributed by atoms with Gasteiger partial charge in [-0.2, -0.15) is 0 Å². The number of rotatable bonds is 8. The van der Waals surface area contributed by atoms with E-state index in [9.17, 15) is 5.11 Å². The zero-order valence-corrected chi connectivity index (χ0v) is 18.4. The molecule has 4 heterocycles. The maximum Gasteiger partial charge on any atom is 0.160 e. The van der Waals surface area contributed by atoms with Crippen LogP contribution in [0.5, 0.6) is 0 Å². The number of amidine groups is 1. The summed E-state index contributed by atoms with van der Waals surface area (Å²) in [7, 11) is 0. The molecule has 162 valence electrons. The van der Waals surface area contributed by atoms with E-state index in [-0.39, 0.29) is 5.76 Å². The van der Waals surface area contributed by atoms with Crippen molar-refractivity contribution >= 4 is 28.4 Å². The Kier molecular flexibility index (Phi) is 5.68. The lowest BCUT2D eigenvalue weighted by Gasteiger charge is -2.18. The predicted octanol–water partition coefficient (Wildman–Crippen LogP) is 4.83. The third kappa shape index (κ3) is 4.01. The molecule has 1 aromatic carbocycles. The van der Waals surface area contributed by atoms with E-state index in [0.717, 1.165) is 55.0 Å². The molecule has 0 unspecified atom stereocenters. The molecular weight excluding hydrogens is 420 g/mol. The van der Waals surface area contributed by atoms with Crippen LogP contribution in [0.25, 0.3) is 22.5 Å². The molecule has 0 saturated heterocycles. The molecule has 8 heteroatoms. The van der Waals surface area contributed by atoms with Gasteiger partial charge in [0.05, 0.1) is 17.8 Å². The molecule has 0 amide bonds. The van der Waals surface area contributed by atoms with Crippen LogP contribution < -0.4 is 0 Å². The van der Waals surface area contributed by atoms with Crippen LogP contribution in [0, 0.1) is 5.41 Å². The highest BCUT2D eigenvalue weighted by molar-refractivity contribution is 7.11. The number of fused-ring (bicyclic) bond motifs is 1. The van der Waals surface area contributed by atoms with Gasteiger partial charge >= 0.3 is 0 Å². The molecule has 5 rings (SSSR count). The van der Waals surface area contributed by atoms with Crippen LogP contribution in [0.15, 0.2) is 65.9 Å². The minimum Gasteiger partial charge on any atom is -0.510 e. The maximum absolute atomic E-state index is 10.5. The van der Waals surface area contributed by atoms with Crippen molar-refractivity contribution in [3.63, 3.8) is 0 Å². The van der Waals surface area contributed by atoms with Gasteiger partial charge in [0.1, 0.15) is 22.4 Å². The molecule has 3 aromatic heterocycles. The summed E-state index contributed by atoms with van der Waals surface area (Å²) in [6.45, 7) is 1.12. The highest BCUT2D eigenvalue weighted by Gasteiger charge is 2.29.